The first kappa shape index (κ1) is 14.3. The van der Waals surface area contributed by atoms with Crippen molar-refractivity contribution in [2.45, 2.75) is 39.7 Å². The molecule has 1 rings (SSSR count). The van der Waals surface area contributed by atoms with Crippen LogP contribution in [0.5, 0.6) is 0 Å². The minimum Gasteiger partial charge on any atom is -0.356 e. The Kier molecular flexibility index (Phi) is 5.48. The number of aromatic nitrogens is 2. The molecule has 2 N–H and O–H groups in total. The van der Waals surface area contributed by atoms with Crippen molar-refractivity contribution < 1.29 is 9.18 Å². The van der Waals surface area contributed by atoms with E-state index in [1.165, 1.54) is 6.33 Å². The molecule has 1 amide bonds. The molecule has 6 heteroatoms. The highest BCUT2D eigenvalue weighted by Gasteiger charge is 2.16. The van der Waals surface area contributed by atoms with E-state index in [0.717, 1.165) is 6.42 Å². The highest BCUT2D eigenvalue weighted by Crippen LogP contribution is 2.14. The Morgan fingerprint density at radius 2 is 2.17 bits per heavy atom. The van der Waals surface area contributed by atoms with Crippen molar-refractivity contribution in [2.75, 3.05) is 11.9 Å². The number of hydrogen-bond donors (Lipinski definition) is 2. The lowest BCUT2D eigenvalue weighted by Crippen LogP contribution is -2.38. The Bertz CT molecular complexity index is 411. The van der Waals surface area contributed by atoms with E-state index in [1.54, 1.807) is 6.92 Å². The number of amides is 1. The van der Waals surface area contributed by atoms with E-state index >= 15 is 0 Å². The minimum atomic E-state index is -0.536. The maximum absolute atomic E-state index is 13.8. The standard InChI is InChI=1S/C12H19FN4O/c1-4-6-14-12(18)8(3)17-11-10(13)9(5-2)15-7-16-11/h7-8H,4-6H2,1-3H3,(H,14,18)(H,15,16,17). The van der Waals surface area contributed by atoms with Gasteiger partial charge in [-0.3, -0.25) is 4.79 Å². The van der Waals surface area contributed by atoms with Crippen LogP contribution in [0.25, 0.3) is 0 Å². The topological polar surface area (TPSA) is 66.9 Å². The van der Waals surface area contributed by atoms with Crippen molar-refractivity contribution in [3.05, 3.63) is 17.8 Å². The van der Waals surface area contributed by atoms with Crippen LogP contribution in [0, 0.1) is 5.82 Å². The lowest BCUT2D eigenvalue weighted by Gasteiger charge is -2.15. The predicted molar refractivity (Wildman–Crippen MR) is 67.8 cm³/mol. The van der Waals surface area contributed by atoms with Gasteiger partial charge in [-0.05, 0) is 19.8 Å². The third kappa shape index (κ3) is 3.65. The Balaban J connectivity index is 2.69. The molecule has 1 atom stereocenters. The largest absolute Gasteiger partial charge is 0.356 e. The fourth-order valence-electron chi connectivity index (χ4n) is 1.43. The van der Waals surface area contributed by atoms with E-state index in [2.05, 4.69) is 20.6 Å². The number of rotatable bonds is 6. The van der Waals surface area contributed by atoms with E-state index in [0.29, 0.717) is 18.7 Å². The quantitative estimate of drug-likeness (QED) is 0.807. The first-order valence-corrected chi connectivity index (χ1v) is 6.13. The maximum Gasteiger partial charge on any atom is 0.242 e. The van der Waals surface area contributed by atoms with Crippen LogP contribution in [-0.4, -0.2) is 28.5 Å². The van der Waals surface area contributed by atoms with E-state index in [9.17, 15) is 9.18 Å². The Morgan fingerprint density at radius 1 is 1.44 bits per heavy atom. The third-order valence-electron chi connectivity index (χ3n) is 2.49. The molecule has 100 valence electrons. The van der Waals surface area contributed by atoms with Gasteiger partial charge in [0.25, 0.3) is 0 Å². The molecule has 1 heterocycles. The van der Waals surface area contributed by atoms with E-state index in [4.69, 9.17) is 0 Å². The number of hydrogen-bond acceptors (Lipinski definition) is 4. The Labute approximate surface area is 106 Å². The highest BCUT2D eigenvalue weighted by molar-refractivity contribution is 5.83. The number of halogens is 1. The van der Waals surface area contributed by atoms with Gasteiger partial charge in [-0.1, -0.05) is 13.8 Å². The van der Waals surface area contributed by atoms with Crippen LogP contribution < -0.4 is 10.6 Å². The Morgan fingerprint density at radius 3 is 2.78 bits per heavy atom. The molecule has 0 aliphatic heterocycles. The normalized spacial score (nSPS) is 12.0. The molecule has 0 fully saturated rings. The van der Waals surface area contributed by atoms with Gasteiger partial charge in [0.05, 0.1) is 5.69 Å². The van der Waals surface area contributed by atoms with Gasteiger partial charge in [0, 0.05) is 6.54 Å². The van der Waals surface area contributed by atoms with Crippen molar-refractivity contribution in [1.29, 1.82) is 0 Å². The molecule has 0 aromatic carbocycles. The van der Waals surface area contributed by atoms with Crippen LogP contribution in [0.3, 0.4) is 0 Å². The number of nitrogens with zero attached hydrogens (tertiary/aromatic N) is 2. The maximum atomic E-state index is 13.8. The summed E-state index contributed by atoms with van der Waals surface area (Å²) in [6, 6.07) is -0.536. The number of aryl methyl sites for hydroxylation is 1. The van der Waals surface area contributed by atoms with Crippen LogP contribution in [0.4, 0.5) is 10.2 Å². The summed E-state index contributed by atoms with van der Waals surface area (Å²) in [5.74, 6) is -0.593. The second-order valence-electron chi connectivity index (χ2n) is 3.99. The van der Waals surface area contributed by atoms with Crippen molar-refractivity contribution >= 4 is 11.7 Å². The molecular weight excluding hydrogens is 235 g/mol. The van der Waals surface area contributed by atoms with Crippen molar-refractivity contribution in [3.63, 3.8) is 0 Å². The fourth-order valence-corrected chi connectivity index (χ4v) is 1.43. The van der Waals surface area contributed by atoms with Gasteiger partial charge in [-0.15, -0.1) is 0 Å². The van der Waals surface area contributed by atoms with Crippen molar-refractivity contribution in [3.8, 4) is 0 Å². The van der Waals surface area contributed by atoms with Gasteiger partial charge < -0.3 is 10.6 Å². The summed E-state index contributed by atoms with van der Waals surface area (Å²) in [7, 11) is 0. The second-order valence-corrected chi connectivity index (χ2v) is 3.99. The summed E-state index contributed by atoms with van der Waals surface area (Å²) in [6.07, 6.45) is 2.64. The SMILES string of the molecule is CCCNC(=O)C(C)Nc1ncnc(CC)c1F. The lowest BCUT2D eigenvalue weighted by molar-refractivity contribution is -0.121. The van der Waals surface area contributed by atoms with Gasteiger partial charge in [0.1, 0.15) is 12.4 Å². The van der Waals surface area contributed by atoms with Crippen LogP contribution in [-0.2, 0) is 11.2 Å². The fraction of sp³-hybridized carbons (Fsp3) is 0.583. The first-order chi connectivity index (χ1) is 8.60. The molecule has 1 aromatic rings. The molecule has 0 saturated heterocycles. The number of carbonyl (C=O) groups excluding carboxylic acids is 1. The summed E-state index contributed by atoms with van der Waals surface area (Å²) in [4.78, 5) is 19.3. The molecule has 0 aliphatic rings. The third-order valence-corrected chi connectivity index (χ3v) is 2.49. The van der Waals surface area contributed by atoms with Crippen molar-refractivity contribution in [1.82, 2.24) is 15.3 Å². The summed E-state index contributed by atoms with van der Waals surface area (Å²) in [5, 5.41) is 5.49. The van der Waals surface area contributed by atoms with Gasteiger partial charge in [0.15, 0.2) is 11.6 Å². The smallest absolute Gasteiger partial charge is 0.242 e. The molecule has 0 aliphatic carbocycles. The van der Waals surface area contributed by atoms with Crippen LogP contribution in [0.15, 0.2) is 6.33 Å². The molecule has 1 aromatic heterocycles. The summed E-state index contributed by atoms with van der Waals surface area (Å²) in [5.41, 5.74) is 0.341. The van der Waals surface area contributed by atoms with Crippen LogP contribution in [0.2, 0.25) is 0 Å². The predicted octanol–water partition coefficient (Wildman–Crippen LogP) is 1.50. The summed E-state index contributed by atoms with van der Waals surface area (Å²) in [6.45, 7) is 6.05. The minimum absolute atomic E-state index is 0.0704. The van der Waals surface area contributed by atoms with Gasteiger partial charge in [-0.2, -0.15) is 0 Å². The summed E-state index contributed by atoms with van der Waals surface area (Å²) < 4.78 is 13.8. The Hall–Kier alpha value is -1.72. The lowest BCUT2D eigenvalue weighted by atomic mass is 10.2. The zero-order valence-electron chi connectivity index (χ0n) is 11.0. The second kappa shape index (κ2) is 6.88. The monoisotopic (exact) mass is 254 g/mol. The zero-order valence-corrected chi connectivity index (χ0v) is 11.0. The molecule has 0 saturated carbocycles. The highest BCUT2D eigenvalue weighted by atomic mass is 19.1. The average Bonchev–Trinajstić information content (AvgIpc) is 2.38. The molecule has 0 spiro atoms. The van der Waals surface area contributed by atoms with Gasteiger partial charge in [0.2, 0.25) is 5.91 Å². The molecule has 0 radical (unpaired) electrons. The van der Waals surface area contributed by atoms with Crippen LogP contribution in [0.1, 0.15) is 32.9 Å². The van der Waals surface area contributed by atoms with Gasteiger partial charge >= 0.3 is 0 Å². The van der Waals surface area contributed by atoms with E-state index in [-0.39, 0.29) is 11.7 Å². The van der Waals surface area contributed by atoms with Crippen LogP contribution >= 0.6 is 0 Å². The van der Waals surface area contributed by atoms with Gasteiger partial charge in [-0.25, -0.2) is 14.4 Å². The molecule has 5 nitrogen and oxygen atoms in total. The first-order valence-electron chi connectivity index (χ1n) is 6.13. The zero-order chi connectivity index (χ0) is 13.5. The molecular formula is C12H19FN4O. The molecule has 1 unspecified atom stereocenters. The van der Waals surface area contributed by atoms with E-state index < -0.39 is 11.9 Å². The van der Waals surface area contributed by atoms with Crippen molar-refractivity contribution in [2.24, 2.45) is 0 Å². The number of carbonyl (C=O) groups is 1. The summed E-state index contributed by atoms with van der Waals surface area (Å²) >= 11 is 0. The van der Waals surface area contributed by atoms with E-state index in [1.807, 2.05) is 13.8 Å². The number of anilines is 1. The molecule has 18 heavy (non-hydrogen) atoms. The molecule has 0 bridgehead atoms. The number of nitrogens with one attached hydrogen (secondary N) is 2. The average molecular weight is 254 g/mol.